The van der Waals surface area contributed by atoms with E-state index in [1.54, 1.807) is 0 Å². The highest BCUT2D eigenvalue weighted by Gasteiger charge is 2.46. The molecule has 6 nitrogen and oxygen atoms in total. The highest BCUT2D eigenvalue weighted by Crippen LogP contribution is 2.43. The van der Waals surface area contributed by atoms with Crippen molar-refractivity contribution in [1.82, 2.24) is 15.1 Å². The molecule has 0 saturated carbocycles. The first-order valence-electron chi connectivity index (χ1n) is 9.80. The second kappa shape index (κ2) is 9.35. The van der Waals surface area contributed by atoms with Gasteiger partial charge in [-0.1, -0.05) is 31.5 Å². The van der Waals surface area contributed by atoms with Crippen molar-refractivity contribution in [3.8, 4) is 5.75 Å². The zero-order valence-electron chi connectivity index (χ0n) is 16.0. The van der Waals surface area contributed by atoms with Crippen LogP contribution in [0.4, 0.5) is 4.79 Å². The van der Waals surface area contributed by atoms with E-state index in [2.05, 4.69) is 12.2 Å². The van der Waals surface area contributed by atoms with Crippen LogP contribution in [0.2, 0.25) is 0 Å². The van der Waals surface area contributed by atoms with Gasteiger partial charge in [-0.3, -0.25) is 4.79 Å². The number of piperidine rings is 1. The van der Waals surface area contributed by atoms with Crippen molar-refractivity contribution < 1.29 is 14.3 Å². The average molecular weight is 392 g/mol. The van der Waals surface area contributed by atoms with Crippen LogP contribution in [0.1, 0.15) is 32.6 Å². The fourth-order valence-corrected chi connectivity index (χ4v) is 5.13. The summed E-state index contributed by atoms with van der Waals surface area (Å²) in [5.41, 5.74) is 0. The Hall–Kier alpha value is -1.89. The van der Waals surface area contributed by atoms with Gasteiger partial charge in [-0.2, -0.15) is 0 Å². The molecule has 27 heavy (non-hydrogen) atoms. The van der Waals surface area contributed by atoms with Crippen LogP contribution in [-0.2, 0) is 4.79 Å². The monoisotopic (exact) mass is 391 g/mol. The minimum Gasteiger partial charge on any atom is -0.484 e. The number of amides is 3. The number of benzene rings is 1. The number of hydrogen-bond acceptors (Lipinski definition) is 4. The summed E-state index contributed by atoms with van der Waals surface area (Å²) in [4.78, 5) is 28.7. The average Bonchev–Trinajstić information content (AvgIpc) is 3.10. The number of carbonyl (C=O) groups excluding carboxylic acids is 2. The molecule has 0 aliphatic carbocycles. The molecule has 148 valence electrons. The van der Waals surface area contributed by atoms with Gasteiger partial charge < -0.3 is 19.9 Å². The summed E-state index contributed by atoms with van der Waals surface area (Å²) in [6, 6.07) is 9.45. The zero-order valence-corrected chi connectivity index (χ0v) is 16.8. The topological polar surface area (TPSA) is 61.9 Å². The van der Waals surface area contributed by atoms with Crippen LogP contribution in [0.15, 0.2) is 30.3 Å². The Morgan fingerprint density at radius 3 is 2.63 bits per heavy atom. The number of carbonyl (C=O) groups is 2. The molecule has 0 atom stereocenters. The predicted octanol–water partition coefficient (Wildman–Crippen LogP) is 2.94. The van der Waals surface area contributed by atoms with Gasteiger partial charge in [0.15, 0.2) is 6.61 Å². The molecular formula is C20H29N3O3S. The van der Waals surface area contributed by atoms with Gasteiger partial charge in [0.1, 0.15) is 5.75 Å². The third kappa shape index (κ3) is 4.89. The van der Waals surface area contributed by atoms with Crippen molar-refractivity contribution in [2.75, 3.05) is 38.5 Å². The van der Waals surface area contributed by atoms with E-state index in [4.69, 9.17) is 4.74 Å². The molecule has 2 aliphatic heterocycles. The van der Waals surface area contributed by atoms with E-state index >= 15 is 0 Å². The number of unbranched alkanes of at least 4 members (excludes halogenated alkanes) is 1. The summed E-state index contributed by atoms with van der Waals surface area (Å²) in [5, 5.41) is 2.98. The standard InChI is InChI=1S/C20H29N3O3S/c1-2-3-11-21-19(25)22-12-9-20(10-13-22)23(14-15-27-20)18(24)16-26-17-7-5-4-6-8-17/h4-8H,2-3,9-16H2,1H3,(H,21,25). The molecule has 0 radical (unpaired) electrons. The molecule has 1 N–H and O–H groups in total. The summed E-state index contributed by atoms with van der Waals surface area (Å²) < 4.78 is 5.65. The van der Waals surface area contributed by atoms with Crippen LogP contribution >= 0.6 is 11.8 Å². The summed E-state index contributed by atoms with van der Waals surface area (Å²) in [6.45, 7) is 5.04. The van der Waals surface area contributed by atoms with Crippen LogP contribution in [-0.4, -0.2) is 65.1 Å². The molecule has 1 aromatic rings. The number of para-hydroxylation sites is 1. The molecule has 2 fully saturated rings. The first kappa shape index (κ1) is 19.9. The minimum absolute atomic E-state index is 0.0200. The number of ether oxygens (including phenoxy) is 1. The van der Waals surface area contributed by atoms with E-state index in [1.807, 2.05) is 51.9 Å². The Morgan fingerprint density at radius 1 is 1.19 bits per heavy atom. The number of likely N-dealkylation sites (tertiary alicyclic amines) is 1. The molecule has 0 unspecified atom stereocenters. The minimum atomic E-state index is -0.183. The molecule has 2 aliphatic rings. The van der Waals surface area contributed by atoms with Crippen molar-refractivity contribution >= 4 is 23.7 Å². The van der Waals surface area contributed by atoms with Gasteiger partial charge in [-0.15, -0.1) is 11.8 Å². The van der Waals surface area contributed by atoms with E-state index < -0.39 is 0 Å². The lowest BCUT2D eigenvalue weighted by molar-refractivity contribution is -0.136. The fraction of sp³-hybridized carbons (Fsp3) is 0.600. The largest absolute Gasteiger partial charge is 0.484 e. The van der Waals surface area contributed by atoms with E-state index in [1.165, 1.54) is 0 Å². The molecule has 0 aromatic heterocycles. The quantitative estimate of drug-likeness (QED) is 0.758. The van der Waals surface area contributed by atoms with Crippen LogP contribution < -0.4 is 10.1 Å². The smallest absolute Gasteiger partial charge is 0.317 e. The lowest BCUT2D eigenvalue weighted by atomic mass is 10.0. The highest BCUT2D eigenvalue weighted by molar-refractivity contribution is 8.00. The van der Waals surface area contributed by atoms with Gasteiger partial charge >= 0.3 is 6.03 Å². The third-order valence-corrected chi connectivity index (χ3v) is 6.78. The molecule has 2 saturated heterocycles. The Balaban J connectivity index is 1.51. The maximum absolute atomic E-state index is 12.8. The number of rotatable bonds is 6. The van der Waals surface area contributed by atoms with Crippen molar-refractivity contribution in [2.45, 2.75) is 37.5 Å². The molecular weight excluding hydrogens is 362 g/mol. The van der Waals surface area contributed by atoms with Crippen LogP contribution in [0.25, 0.3) is 0 Å². The number of urea groups is 1. The van der Waals surface area contributed by atoms with E-state index in [0.29, 0.717) is 18.8 Å². The zero-order chi connectivity index (χ0) is 19.1. The highest BCUT2D eigenvalue weighted by atomic mass is 32.2. The fourth-order valence-electron chi connectivity index (χ4n) is 3.66. The maximum atomic E-state index is 12.8. The lowest BCUT2D eigenvalue weighted by Crippen LogP contribution is -2.55. The molecule has 1 spiro atoms. The molecule has 7 heteroatoms. The Morgan fingerprint density at radius 2 is 1.93 bits per heavy atom. The molecule has 1 aromatic carbocycles. The Kier molecular flexibility index (Phi) is 6.88. The third-order valence-electron chi connectivity index (χ3n) is 5.22. The van der Waals surface area contributed by atoms with Gasteiger partial charge in [0.05, 0.1) is 4.87 Å². The predicted molar refractivity (Wildman–Crippen MR) is 108 cm³/mol. The Bertz CT molecular complexity index is 633. The summed E-state index contributed by atoms with van der Waals surface area (Å²) in [5.74, 6) is 1.69. The SMILES string of the molecule is CCCCNC(=O)N1CCC2(CC1)SCCN2C(=O)COc1ccccc1. The summed E-state index contributed by atoms with van der Waals surface area (Å²) in [7, 11) is 0. The summed E-state index contributed by atoms with van der Waals surface area (Å²) >= 11 is 1.85. The van der Waals surface area contributed by atoms with E-state index in [-0.39, 0.29) is 23.4 Å². The van der Waals surface area contributed by atoms with Crippen LogP contribution in [0.5, 0.6) is 5.75 Å². The molecule has 3 rings (SSSR count). The second-order valence-electron chi connectivity index (χ2n) is 7.01. The first-order chi connectivity index (χ1) is 13.1. The lowest BCUT2D eigenvalue weighted by Gasteiger charge is -2.44. The van der Waals surface area contributed by atoms with Crippen molar-refractivity contribution in [3.05, 3.63) is 30.3 Å². The van der Waals surface area contributed by atoms with Crippen molar-refractivity contribution in [2.24, 2.45) is 0 Å². The van der Waals surface area contributed by atoms with Gasteiger partial charge in [0.25, 0.3) is 5.91 Å². The van der Waals surface area contributed by atoms with Crippen molar-refractivity contribution in [1.29, 1.82) is 0 Å². The summed E-state index contributed by atoms with van der Waals surface area (Å²) in [6.07, 6.45) is 3.71. The van der Waals surface area contributed by atoms with Crippen LogP contribution in [0, 0.1) is 0 Å². The Labute approximate surface area is 165 Å². The molecule has 0 bridgehead atoms. The number of thioether (sulfide) groups is 1. The van der Waals surface area contributed by atoms with Gasteiger partial charge in [0.2, 0.25) is 0 Å². The molecule has 3 amide bonds. The van der Waals surface area contributed by atoms with Gasteiger partial charge in [0, 0.05) is 31.9 Å². The van der Waals surface area contributed by atoms with Crippen LogP contribution in [0.3, 0.4) is 0 Å². The second-order valence-corrected chi connectivity index (χ2v) is 8.47. The van der Waals surface area contributed by atoms with Crippen molar-refractivity contribution in [3.63, 3.8) is 0 Å². The number of hydrogen-bond donors (Lipinski definition) is 1. The van der Waals surface area contributed by atoms with E-state index in [9.17, 15) is 9.59 Å². The maximum Gasteiger partial charge on any atom is 0.317 e. The number of nitrogens with zero attached hydrogens (tertiary/aromatic N) is 2. The normalized spacial score (nSPS) is 18.6. The first-order valence-corrected chi connectivity index (χ1v) is 10.8. The molecule has 2 heterocycles. The number of nitrogens with one attached hydrogen (secondary N) is 1. The van der Waals surface area contributed by atoms with Gasteiger partial charge in [-0.25, -0.2) is 4.79 Å². The van der Waals surface area contributed by atoms with E-state index in [0.717, 1.165) is 44.5 Å². The van der Waals surface area contributed by atoms with Gasteiger partial charge in [-0.05, 0) is 31.4 Å².